The predicted octanol–water partition coefficient (Wildman–Crippen LogP) is 1.51. The summed E-state index contributed by atoms with van der Waals surface area (Å²) in [6.45, 7) is 2.65. The molecule has 3 aliphatic rings. The number of hydrogen-bond acceptors (Lipinski definition) is 3. The lowest BCUT2D eigenvalue weighted by Crippen LogP contribution is -2.59. The molecule has 1 heterocycles. The number of carbonyl (C=O) groups is 2. The molecule has 0 bridgehead atoms. The topological polar surface area (TPSA) is 66.6 Å². The molecule has 5 heteroatoms. The lowest BCUT2D eigenvalue weighted by atomic mass is 9.88. The first kappa shape index (κ1) is 15.8. The van der Waals surface area contributed by atoms with Crippen molar-refractivity contribution in [3.05, 3.63) is 0 Å². The van der Waals surface area contributed by atoms with Crippen LogP contribution in [0.25, 0.3) is 0 Å². The fourth-order valence-corrected chi connectivity index (χ4v) is 4.27. The number of carbonyl (C=O) groups excluding carboxylic acids is 2. The van der Waals surface area contributed by atoms with Crippen molar-refractivity contribution in [1.82, 2.24) is 9.80 Å². The summed E-state index contributed by atoms with van der Waals surface area (Å²) in [7, 11) is 0. The van der Waals surface area contributed by atoms with Crippen LogP contribution in [0.15, 0.2) is 0 Å². The molecule has 0 spiro atoms. The monoisotopic (exact) mass is 307 g/mol. The summed E-state index contributed by atoms with van der Waals surface area (Å²) < 4.78 is 0. The number of piperazine rings is 1. The van der Waals surface area contributed by atoms with Crippen LogP contribution in [-0.4, -0.2) is 53.3 Å². The van der Waals surface area contributed by atoms with Crippen molar-refractivity contribution in [3.8, 4) is 0 Å². The van der Waals surface area contributed by atoms with Crippen molar-refractivity contribution < 1.29 is 9.59 Å². The van der Waals surface area contributed by atoms with Gasteiger partial charge < -0.3 is 15.5 Å². The van der Waals surface area contributed by atoms with Gasteiger partial charge in [0.25, 0.3) is 0 Å². The van der Waals surface area contributed by atoms with Gasteiger partial charge >= 0.3 is 0 Å². The number of amides is 2. The largest absolute Gasteiger partial charge is 0.339 e. The zero-order valence-electron chi connectivity index (χ0n) is 13.6. The predicted molar refractivity (Wildman–Crippen MR) is 85.1 cm³/mol. The van der Waals surface area contributed by atoms with E-state index in [0.717, 1.165) is 38.5 Å². The van der Waals surface area contributed by atoms with Gasteiger partial charge in [-0.3, -0.25) is 9.59 Å². The number of rotatable bonds is 2. The second kappa shape index (κ2) is 6.57. The third-order valence-electron chi connectivity index (χ3n) is 5.75. The van der Waals surface area contributed by atoms with Gasteiger partial charge in [-0.1, -0.05) is 32.1 Å². The first-order chi connectivity index (χ1) is 10.6. The number of nitrogens with zero attached hydrogens (tertiary/aromatic N) is 2. The molecular formula is C17H29N3O2. The van der Waals surface area contributed by atoms with E-state index < -0.39 is 5.54 Å². The van der Waals surface area contributed by atoms with Gasteiger partial charge in [-0.25, -0.2) is 0 Å². The molecular weight excluding hydrogens is 278 g/mol. The Bertz CT molecular complexity index is 418. The van der Waals surface area contributed by atoms with Gasteiger partial charge in [0.2, 0.25) is 11.8 Å². The molecule has 2 amide bonds. The highest BCUT2D eigenvalue weighted by molar-refractivity contribution is 5.87. The molecule has 0 aromatic carbocycles. The van der Waals surface area contributed by atoms with Gasteiger partial charge in [0.05, 0.1) is 5.54 Å². The Balaban J connectivity index is 1.51. The van der Waals surface area contributed by atoms with Crippen LogP contribution in [0.4, 0.5) is 0 Å². The molecule has 1 saturated heterocycles. The smallest absolute Gasteiger partial charge is 0.242 e. The van der Waals surface area contributed by atoms with E-state index in [0.29, 0.717) is 32.1 Å². The van der Waals surface area contributed by atoms with Gasteiger partial charge in [-0.05, 0) is 25.7 Å². The van der Waals surface area contributed by atoms with Crippen LogP contribution in [0, 0.1) is 5.92 Å². The van der Waals surface area contributed by atoms with E-state index in [9.17, 15) is 9.59 Å². The molecule has 124 valence electrons. The second-order valence-electron chi connectivity index (χ2n) is 7.32. The van der Waals surface area contributed by atoms with Crippen molar-refractivity contribution >= 4 is 11.8 Å². The van der Waals surface area contributed by atoms with Crippen molar-refractivity contribution in [3.63, 3.8) is 0 Å². The summed E-state index contributed by atoms with van der Waals surface area (Å²) in [4.78, 5) is 29.0. The van der Waals surface area contributed by atoms with E-state index in [1.165, 1.54) is 19.3 Å². The Morgan fingerprint density at radius 3 is 1.95 bits per heavy atom. The highest BCUT2D eigenvalue weighted by atomic mass is 16.2. The van der Waals surface area contributed by atoms with Gasteiger partial charge in [0.15, 0.2) is 0 Å². The Morgan fingerprint density at radius 2 is 1.36 bits per heavy atom. The molecule has 3 rings (SSSR count). The maximum Gasteiger partial charge on any atom is 0.242 e. The van der Waals surface area contributed by atoms with E-state index in [1.807, 2.05) is 9.80 Å². The maximum absolute atomic E-state index is 12.6. The summed E-state index contributed by atoms with van der Waals surface area (Å²) in [5, 5.41) is 0. The van der Waals surface area contributed by atoms with Crippen LogP contribution in [0.2, 0.25) is 0 Å². The van der Waals surface area contributed by atoms with E-state index in [-0.39, 0.29) is 11.8 Å². The Kier molecular flexibility index (Phi) is 4.71. The van der Waals surface area contributed by atoms with Crippen molar-refractivity contribution in [2.75, 3.05) is 26.2 Å². The first-order valence-electron chi connectivity index (χ1n) is 8.97. The quantitative estimate of drug-likeness (QED) is 0.841. The average molecular weight is 307 g/mol. The number of nitrogens with two attached hydrogens (primary N) is 1. The van der Waals surface area contributed by atoms with Gasteiger partial charge in [0.1, 0.15) is 0 Å². The van der Waals surface area contributed by atoms with Crippen molar-refractivity contribution in [2.24, 2.45) is 11.7 Å². The molecule has 0 atom stereocenters. The minimum Gasteiger partial charge on any atom is -0.339 e. The Hall–Kier alpha value is -1.10. The fraction of sp³-hybridized carbons (Fsp3) is 0.882. The van der Waals surface area contributed by atoms with Crippen LogP contribution in [0.1, 0.15) is 57.8 Å². The van der Waals surface area contributed by atoms with E-state index in [2.05, 4.69) is 0 Å². The molecule has 22 heavy (non-hydrogen) atoms. The van der Waals surface area contributed by atoms with Gasteiger partial charge in [-0.2, -0.15) is 0 Å². The standard InChI is InChI=1S/C17H29N3O2/c18-17(8-4-5-9-17)16(22)20-12-10-19(11-13-20)15(21)14-6-2-1-3-7-14/h14H,1-13,18H2. The van der Waals surface area contributed by atoms with Gasteiger partial charge in [-0.15, -0.1) is 0 Å². The zero-order valence-corrected chi connectivity index (χ0v) is 13.6. The molecule has 1 aliphatic heterocycles. The summed E-state index contributed by atoms with van der Waals surface area (Å²) in [6.07, 6.45) is 9.47. The minimum atomic E-state index is -0.629. The van der Waals surface area contributed by atoms with E-state index in [4.69, 9.17) is 5.73 Å². The highest BCUT2D eigenvalue weighted by Gasteiger charge is 2.41. The van der Waals surface area contributed by atoms with Crippen LogP contribution in [0.3, 0.4) is 0 Å². The molecule has 0 radical (unpaired) electrons. The average Bonchev–Trinajstić information content (AvgIpc) is 3.02. The second-order valence-corrected chi connectivity index (χ2v) is 7.32. The third-order valence-corrected chi connectivity index (χ3v) is 5.75. The van der Waals surface area contributed by atoms with Crippen LogP contribution < -0.4 is 5.73 Å². The van der Waals surface area contributed by atoms with Gasteiger partial charge in [0, 0.05) is 32.1 Å². The molecule has 0 aromatic heterocycles. The van der Waals surface area contributed by atoms with E-state index >= 15 is 0 Å². The van der Waals surface area contributed by atoms with E-state index in [1.54, 1.807) is 0 Å². The summed E-state index contributed by atoms with van der Waals surface area (Å²) in [5.74, 6) is 0.650. The summed E-state index contributed by atoms with van der Waals surface area (Å²) in [5.41, 5.74) is 5.64. The normalized spacial score (nSPS) is 26.2. The Morgan fingerprint density at radius 1 is 0.818 bits per heavy atom. The van der Waals surface area contributed by atoms with Crippen LogP contribution in [-0.2, 0) is 9.59 Å². The number of hydrogen-bond donors (Lipinski definition) is 1. The molecule has 0 aromatic rings. The van der Waals surface area contributed by atoms with Crippen LogP contribution in [0.5, 0.6) is 0 Å². The molecule has 2 N–H and O–H groups in total. The third kappa shape index (κ3) is 3.14. The fourth-order valence-electron chi connectivity index (χ4n) is 4.27. The SMILES string of the molecule is NC1(C(=O)N2CCN(C(=O)C3CCCCC3)CC2)CCCC1. The molecule has 2 saturated carbocycles. The summed E-state index contributed by atoms with van der Waals surface area (Å²) in [6, 6.07) is 0. The lowest BCUT2D eigenvalue weighted by Gasteiger charge is -2.39. The molecule has 5 nitrogen and oxygen atoms in total. The zero-order chi connectivity index (χ0) is 15.6. The molecule has 3 fully saturated rings. The lowest BCUT2D eigenvalue weighted by molar-refractivity contribution is -0.145. The minimum absolute atomic E-state index is 0.106. The van der Waals surface area contributed by atoms with Crippen molar-refractivity contribution in [1.29, 1.82) is 0 Å². The Labute approximate surface area is 133 Å². The first-order valence-corrected chi connectivity index (χ1v) is 8.97. The highest BCUT2D eigenvalue weighted by Crippen LogP contribution is 2.30. The molecule has 0 unspecified atom stereocenters. The maximum atomic E-state index is 12.6. The molecule has 2 aliphatic carbocycles. The summed E-state index contributed by atoms with van der Waals surface area (Å²) >= 11 is 0. The van der Waals surface area contributed by atoms with Crippen LogP contribution >= 0.6 is 0 Å². The van der Waals surface area contributed by atoms with Crippen molar-refractivity contribution in [2.45, 2.75) is 63.3 Å².